The van der Waals surface area contributed by atoms with Crippen LogP contribution in [-0.4, -0.2) is 22.5 Å². The summed E-state index contributed by atoms with van der Waals surface area (Å²) in [6.07, 6.45) is 1.60. The van der Waals surface area contributed by atoms with Crippen LogP contribution < -0.4 is 5.32 Å². The Morgan fingerprint density at radius 2 is 1.93 bits per heavy atom. The zero-order chi connectivity index (χ0) is 20.4. The van der Waals surface area contributed by atoms with Crippen molar-refractivity contribution in [2.45, 2.75) is 11.9 Å². The van der Waals surface area contributed by atoms with E-state index < -0.39 is 0 Å². The number of carbonyl (C=O) groups is 2. The molecule has 1 fully saturated rings. The van der Waals surface area contributed by atoms with Gasteiger partial charge < -0.3 is 14.6 Å². The largest absolute Gasteiger partial charge is 0.467 e. The molecule has 5 nitrogen and oxygen atoms in total. The van der Waals surface area contributed by atoms with Gasteiger partial charge in [-0.15, -0.1) is 11.8 Å². The van der Waals surface area contributed by atoms with E-state index in [9.17, 15) is 9.59 Å². The number of furan rings is 1. The fourth-order valence-electron chi connectivity index (χ4n) is 3.05. The van der Waals surface area contributed by atoms with Crippen molar-refractivity contribution in [3.8, 4) is 0 Å². The van der Waals surface area contributed by atoms with Crippen LogP contribution >= 0.6 is 35.0 Å². The number of thioether (sulfide) groups is 1. The van der Waals surface area contributed by atoms with Gasteiger partial charge in [0.25, 0.3) is 5.91 Å². The van der Waals surface area contributed by atoms with Gasteiger partial charge in [-0.25, -0.2) is 0 Å². The highest BCUT2D eigenvalue weighted by molar-refractivity contribution is 8.00. The van der Waals surface area contributed by atoms with Gasteiger partial charge in [0, 0.05) is 11.3 Å². The maximum atomic E-state index is 12.5. The summed E-state index contributed by atoms with van der Waals surface area (Å²) in [5.41, 5.74) is 2.03. The van der Waals surface area contributed by atoms with Gasteiger partial charge in [-0.1, -0.05) is 35.3 Å². The van der Waals surface area contributed by atoms with Gasteiger partial charge in [0.1, 0.15) is 11.1 Å². The molecule has 1 aliphatic rings. The standard InChI is InChI=1S/C21H16Cl2N2O3S/c22-17-8-7-15(10-18(17)23)24-20(27)13-3-5-14(6-4-13)21-25(19(26)12-29-21)11-16-2-1-9-28-16/h1-10,21H,11-12H2,(H,24,27)/t21-/m1/s1. The first kappa shape index (κ1) is 19.9. The smallest absolute Gasteiger partial charge is 0.255 e. The van der Waals surface area contributed by atoms with Crippen molar-refractivity contribution >= 4 is 52.5 Å². The molecule has 29 heavy (non-hydrogen) atoms. The third kappa shape index (κ3) is 4.45. The first-order chi connectivity index (χ1) is 14.0. The highest BCUT2D eigenvalue weighted by atomic mass is 35.5. The molecule has 3 aromatic rings. The van der Waals surface area contributed by atoms with Crippen molar-refractivity contribution in [3.63, 3.8) is 0 Å². The van der Waals surface area contributed by atoms with Gasteiger partial charge in [0.05, 0.1) is 28.6 Å². The van der Waals surface area contributed by atoms with E-state index in [0.717, 1.165) is 11.3 Å². The van der Waals surface area contributed by atoms with E-state index in [1.54, 1.807) is 59.3 Å². The first-order valence-corrected chi connectivity index (χ1v) is 10.6. The molecular formula is C21H16Cl2N2O3S. The Morgan fingerprint density at radius 3 is 2.62 bits per heavy atom. The van der Waals surface area contributed by atoms with E-state index in [0.29, 0.717) is 33.6 Å². The second-order valence-electron chi connectivity index (χ2n) is 6.47. The Bertz CT molecular complexity index is 1040. The SMILES string of the molecule is O=C(Nc1ccc(Cl)c(Cl)c1)c1ccc([C@H]2SCC(=O)N2Cc2ccco2)cc1. The van der Waals surface area contributed by atoms with Gasteiger partial charge in [0.15, 0.2) is 0 Å². The predicted octanol–water partition coefficient (Wildman–Crippen LogP) is 5.61. The molecule has 2 aromatic carbocycles. The van der Waals surface area contributed by atoms with Crippen LogP contribution in [0.4, 0.5) is 5.69 Å². The van der Waals surface area contributed by atoms with Gasteiger partial charge in [-0.2, -0.15) is 0 Å². The molecule has 2 amide bonds. The Balaban J connectivity index is 1.47. The van der Waals surface area contributed by atoms with E-state index in [1.165, 1.54) is 0 Å². The summed E-state index contributed by atoms with van der Waals surface area (Å²) >= 11 is 13.4. The maximum Gasteiger partial charge on any atom is 0.255 e. The Hall–Kier alpha value is -2.41. The van der Waals surface area contributed by atoms with Crippen LogP contribution in [0.15, 0.2) is 65.3 Å². The second-order valence-corrected chi connectivity index (χ2v) is 8.35. The molecule has 0 unspecified atom stereocenters. The second kappa shape index (κ2) is 8.53. The summed E-state index contributed by atoms with van der Waals surface area (Å²) in [6.45, 7) is 0.420. The minimum Gasteiger partial charge on any atom is -0.467 e. The van der Waals surface area contributed by atoms with Crippen molar-refractivity contribution in [1.29, 1.82) is 0 Å². The lowest BCUT2D eigenvalue weighted by molar-refractivity contribution is -0.128. The van der Waals surface area contributed by atoms with Gasteiger partial charge in [-0.05, 0) is 48.0 Å². The maximum absolute atomic E-state index is 12.5. The van der Waals surface area contributed by atoms with Crippen molar-refractivity contribution < 1.29 is 14.0 Å². The molecular weight excluding hydrogens is 431 g/mol. The highest BCUT2D eigenvalue weighted by Crippen LogP contribution is 2.39. The molecule has 1 aliphatic heterocycles. The molecule has 1 atom stereocenters. The number of benzene rings is 2. The number of halogens is 2. The minimum atomic E-state index is -0.252. The Morgan fingerprint density at radius 1 is 1.14 bits per heavy atom. The summed E-state index contributed by atoms with van der Waals surface area (Å²) in [7, 11) is 0. The van der Waals surface area contributed by atoms with Crippen molar-refractivity contribution in [1.82, 2.24) is 4.90 Å². The van der Waals surface area contributed by atoms with Gasteiger partial charge in [0.2, 0.25) is 5.91 Å². The van der Waals surface area contributed by atoms with E-state index in [1.807, 2.05) is 18.2 Å². The molecule has 8 heteroatoms. The van der Waals surface area contributed by atoms with E-state index in [2.05, 4.69) is 5.32 Å². The Kier molecular flexibility index (Phi) is 5.85. The normalized spacial score (nSPS) is 16.3. The highest BCUT2D eigenvalue weighted by Gasteiger charge is 2.33. The summed E-state index contributed by atoms with van der Waals surface area (Å²) in [4.78, 5) is 26.6. The molecule has 0 bridgehead atoms. The lowest BCUT2D eigenvalue weighted by Gasteiger charge is -2.23. The molecule has 148 valence electrons. The van der Waals surface area contributed by atoms with E-state index in [4.69, 9.17) is 27.6 Å². The topological polar surface area (TPSA) is 62.6 Å². The number of nitrogens with zero attached hydrogens (tertiary/aromatic N) is 1. The molecule has 1 N–H and O–H groups in total. The number of anilines is 1. The van der Waals surface area contributed by atoms with E-state index in [-0.39, 0.29) is 17.2 Å². The average molecular weight is 447 g/mol. The lowest BCUT2D eigenvalue weighted by atomic mass is 10.1. The molecule has 0 spiro atoms. The van der Waals surface area contributed by atoms with Crippen LogP contribution in [0.5, 0.6) is 0 Å². The molecule has 1 saturated heterocycles. The van der Waals surface area contributed by atoms with Crippen LogP contribution in [0.1, 0.15) is 27.1 Å². The van der Waals surface area contributed by atoms with Crippen LogP contribution in [0.25, 0.3) is 0 Å². The number of hydrogen-bond donors (Lipinski definition) is 1. The lowest BCUT2D eigenvalue weighted by Crippen LogP contribution is -2.27. The van der Waals surface area contributed by atoms with Crippen LogP contribution in [0.2, 0.25) is 10.0 Å². The van der Waals surface area contributed by atoms with Crippen molar-refractivity contribution in [2.24, 2.45) is 0 Å². The number of nitrogens with one attached hydrogen (secondary N) is 1. The molecule has 2 heterocycles. The number of carbonyl (C=O) groups excluding carboxylic acids is 2. The Labute approximate surface area is 182 Å². The third-order valence-electron chi connectivity index (χ3n) is 4.51. The molecule has 0 saturated carbocycles. The predicted molar refractivity (Wildman–Crippen MR) is 115 cm³/mol. The van der Waals surface area contributed by atoms with Crippen LogP contribution in [0.3, 0.4) is 0 Å². The minimum absolute atomic E-state index is 0.0674. The first-order valence-electron chi connectivity index (χ1n) is 8.81. The zero-order valence-electron chi connectivity index (χ0n) is 15.1. The average Bonchev–Trinajstić information content (AvgIpc) is 3.36. The quantitative estimate of drug-likeness (QED) is 0.552. The van der Waals surface area contributed by atoms with Gasteiger partial charge in [-0.3, -0.25) is 9.59 Å². The van der Waals surface area contributed by atoms with E-state index >= 15 is 0 Å². The van der Waals surface area contributed by atoms with Crippen LogP contribution in [-0.2, 0) is 11.3 Å². The summed E-state index contributed by atoms with van der Waals surface area (Å²) in [5.74, 6) is 0.976. The fourth-order valence-corrected chi connectivity index (χ4v) is 4.53. The van der Waals surface area contributed by atoms with Crippen molar-refractivity contribution in [3.05, 3.63) is 87.8 Å². The summed E-state index contributed by atoms with van der Waals surface area (Å²) in [5, 5.41) is 3.49. The summed E-state index contributed by atoms with van der Waals surface area (Å²) in [6, 6.07) is 15.8. The molecule has 4 rings (SSSR count). The third-order valence-corrected chi connectivity index (χ3v) is 6.50. The number of rotatable bonds is 5. The zero-order valence-corrected chi connectivity index (χ0v) is 17.4. The number of hydrogen-bond acceptors (Lipinski definition) is 4. The van der Waals surface area contributed by atoms with Gasteiger partial charge >= 0.3 is 0 Å². The fraction of sp³-hybridized carbons (Fsp3) is 0.143. The van der Waals surface area contributed by atoms with Crippen LogP contribution in [0, 0.1) is 0 Å². The molecule has 0 aliphatic carbocycles. The van der Waals surface area contributed by atoms with Crippen molar-refractivity contribution in [2.75, 3.05) is 11.1 Å². The molecule has 0 radical (unpaired) electrons. The summed E-state index contributed by atoms with van der Waals surface area (Å²) < 4.78 is 5.38. The molecule has 1 aromatic heterocycles. The number of amides is 2. The monoisotopic (exact) mass is 446 g/mol.